The zero-order chi connectivity index (χ0) is 21.7. The number of carboxylic acids is 1. The van der Waals surface area contributed by atoms with Crippen LogP contribution in [0.25, 0.3) is 0 Å². The average molecular weight is 421 g/mol. The molecule has 172 valence electrons. The van der Waals surface area contributed by atoms with Crippen molar-refractivity contribution in [3.63, 3.8) is 0 Å². The van der Waals surface area contributed by atoms with E-state index < -0.39 is 5.97 Å². The van der Waals surface area contributed by atoms with E-state index in [-0.39, 0.29) is 23.5 Å². The lowest BCUT2D eigenvalue weighted by Crippen LogP contribution is -2.58. The second kappa shape index (κ2) is 8.39. The number of rotatable bonds is 6. The fourth-order valence-corrected chi connectivity index (χ4v) is 9.20. The van der Waals surface area contributed by atoms with Crippen LogP contribution in [-0.2, 0) is 4.79 Å². The summed E-state index contributed by atoms with van der Waals surface area (Å²) in [5, 5.41) is 30.3. The smallest absolute Gasteiger partial charge is 0.303 e. The minimum atomic E-state index is -0.674. The van der Waals surface area contributed by atoms with Crippen molar-refractivity contribution in [1.29, 1.82) is 0 Å². The van der Waals surface area contributed by atoms with E-state index >= 15 is 0 Å². The van der Waals surface area contributed by atoms with Crippen molar-refractivity contribution in [2.75, 3.05) is 0 Å². The molecular weight excluding hydrogens is 376 g/mol. The number of carbonyl (C=O) groups is 1. The first-order chi connectivity index (χ1) is 14.2. The molecule has 0 aromatic carbocycles. The maximum atomic E-state index is 11.1. The van der Waals surface area contributed by atoms with Gasteiger partial charge in [-0.05, 0) is 104 Å². The molecule has 0 heterocycles. The number of carboxylic acid groups (broad SMARTS) is 1. The molecule has 4 rings (SSSR count). The highest BCUT2D eigenvalue weighted by Gasteiger charge is 2.62. The molecular formula is C26H44O4. The van der Waals surface area contributed by atoms with Gasteiger partial charge >= 0.3 is 5.97 Å². The quantitative estimate of drug-likeness (QED) is 0.512. The van der Waals surface area contributed by atoms with Crippen molar-refractivity contribution in [3.05, 3.63) is 0 Å². The summed E-state index contributed by atoms with van der Waals surface area (Å²) in [5.41, 5.74) is 0.577. The van der Waals surface area contributed by atoms with Gasteiger partial charge in [-0.15, -0.1) is 0 Å². The molecule has 0 amide bonds. The molecule has 0 spiro atoms. The number of aliphatic carboxylic acids is 1. The van der Waals surface area contributed by atoms with Gasteiger partial charge in [0.15, 0.2) is 0 Å². The van der Waals surface area contributed by atoms with Crippen LogP contribution in [0.3, 0.4) is 0 Å². The number of fused-ring (bicyclic) bond motifs is 5. The van der Waals surface area contributed by atoms with Gasteiger partial charge in [0, 0.05) is 6.42 Å². The van der Waals surface area contributed by atoms with Crippen molar-refractivity contribution in [1.82, 2.24) is 0 Å². The predicted molar refractivity (Wildman–Crippen MR) is 118 cm³/mol. The summed E-state index contributed by atoms with van der Waals surface area (Å²) in [5.74, 6) is 3.07. The van der Waals surface area contributed by atoms with Crippen LogP contribution in [0.4, 0.5) is 0 Å². The van der Waals surface area contributed by atoms with Gasteiger partial charge in [-0.1, -0.05) is 33.6 Å². The standard InChI is InChI=1S/C26H44O4/c1-16(6-4-5-7-24(29)30)19-8-9-20-18-15-23(28)22-14-17(27)10-12-26(22,3)21(18)11-13-25(19,20)2/h16-23,27-28H,4-15H2,1-3H3,(H,29,30)/t16-,17-,18+,19-,20+,21+,22+,23-,25-,26-/m1/s1. The van der Waals surface area contributed by atoms with Crippen LogP contribution < -0.4 is 0 Å². The van der Waals surface area contributed by atoms with Crippen molar-refractivity contribution in [2.45, 2.75) is 110 Å². The number of hydrogen-bond acceptors (Lipinski definition) is 3. The monoisotopic (exact) mass is 420 g/mol. The lowest BCUT2D eigenvalue weighted by atomic mass is 9.44. The fraction of sp³-hybridized carbons (Fsp3) is 0.962. The van der Waals surface area contributed by atoms with Gasteiger partial charge in [-0.3, -0.25) is 4.79 Å². The summed E-state index contributed by atoms with van der Waals surface area (Å²) in [6, 6.07) is 0. The second-order valence-electron chi connectivity index (χ2n) is 12.1. The Hall–Kier alpha value is -0.610. The molecule has 0 bridgehead atoms. The van der Waals surface area contributed by atoms with Crippen molar-refractivity contribution < 1.29 is 20.1 Å². The Labute approximate surface area is 182 Å². The predicted octanol–water partition coefficient (Wildman–Crippen LogP) is 5.26. The fourth-order valence-electron chi connectivity index (χ4n) is 9.20. The highest BCUT2D eigenvalue weighted by Crippen LogP contribution is 2.68. The average Bonchev–Trinajstić information content (AvgIpc) is 3.04. The van der Waals surface area contributed by atoms with Gasteiger partial charge < -0.3 is 15.3 Å². The first-order valence-corrected chi connectivity index (χ1v) is 12.7. The van der Waals surface area contributed by atoms with Crippen molar-refractivity contribution >= 4 is 5.97 Å². The number of hydrogen-bond donors (Lipinski definition) is 3. The van der Waals surface area contributed by atoms with E-state index in [1.54, 1.807) is 0 Å². The number of unbranched alkanes of at least 4 members (excludes halogenated alkanes) is 1. The molecule has 0 radical (unpaired) electrons. The minimum absolute atomic E-state index is 0.198. The van der Waals surface area contributed by atoms with Gasteiger partial charge in [0.2, 0.25) is 0 Å². The zero-order valence-electron chi connectivity index (χ0n) is 19.4. The molecule has 4 heteroatoms. The van der Waals surface area contributed by atoms with E-state index in [0.29, 0.717) is 29.6 Å². The third-order valence-corrected chi connectivity index (χ3v) is 10.7. The molecule has 4 nitrogen and oxygen atoms in total. The first kappa shape index (κ1) is 22.6. The minimum Gasteiger partial charge on any atom is -0.481 e. The van der Waals surface area contributed by atoms with Crippen LogP contribution in [0.2, 0.25) is 0 Å². The van der Waals surface area contributed by atoms with E-state index in [4.69, 9.17) is 5.11 Å². The maximum absolute atomic E-state index is 11.1. The Kier molecular flexibility index (Phi) is 6.31. The van der Waals surface area contributed by atoms with E-state index in [2.05, 4.69) is 20.8 Å². The topological polar surface area (TPSA) is 77.8 Å². The Morgan fingerprint density at radius 3 is 2.37 bits per heavy atom. The summed E-state index contributed by atoms with van der Waals surface area (Å²) in [6.07, 6.45) is 11.7. The first-order valence-electron chi connectivity index (χ1n) is 12.7. The van der Waals surface area contributed by atoms with Crippen LogP contribution in [0.15, 0.2) is 0 Å². The number of aliphatic hydroxyl groups is 2. The van der Waals surface area contributed by atoms with Gasteiger partial charge in [-0.25, -0.2) is 0 Å². The van der Waals surface area contributed by atoms with Gasteiger partial charge in [0.1, 0.15) is 0 Å². The molecule has 0 aromatic rings. The Morgan fingerprint density at radius 1 is 0.933 bits per heavy atom. The van der Waals surface area contributed by atoms with E-state index in [0.717, 1.165) is 56.8 Å². The van der Waals surface area contributed by atoms with Gasteiger partial charge in [0.05, 0.1) is 12.2 Å². The highest BCUT2D eigenvalue weighted by molar-refractivity contribution is 5.66. The molecule has 0 aromatic heterocycles. The molecule has 4 aliphatic rings. The Morgan fingerprint density at radius 2 is 1.63 bits per heavy atom. The molecule has 10 atom stereocenters. The molecule has 0 unspecified atom stereocenters. The van der Waals surface area contributed by atoms with E-state index in [1.807, 2.05) is 0 Å². The Balaban J connectivity index is 1.46. The van der Waals surface area contributed by atoms with Crippen LogP contribution in [-0.4, -0.2) is 33.5 Å². The van der Waals surface area contributed by atoms with Gasteiger partial charge in [-0.2, -0.15) is 0 Å². The molecule has 3 N–H and O–H groups in total. The van der Waals surface area contributed by atoms with Crippen LogP contribution >= 0.6 is 0 Å². The third kappa shape index (κ3) is 3.74. The van der Waals surface area contributed by atoms with Gasteiger partial charge in [0.25, 0.3) is 0 Å². The SMILES string of the molecule is C[C@H](CCCCC(=O)O)[C@H]1CC[C@H]2[C@@H]3C[C@@H](O)[C@@H]4C[C@H](O)CC[C@]4(C)[C@H]3CC[C@]12C. The third-order valence-electron chi connectivity index (χ3n) is 10.7. The molecule has 4 saturated carbocycles. The highest BCUT2D eigenvalue weighted by atomic mass is 16.4. The summed E-state index contributed by atoms with van der Waals surface area (Å²) in [7, 11) is 0. The maximum Gasteiger partial charge on any atom is 0.303 e. The lowest BCUT2D eigenvalue weighted by Gasteiger charge is -2.62. The lowest BCUT2D eigenvalue weighted by molar-refractivity contribution is -0.172. The zero-order valence-corrected chi connectivity index (χ0v) is 19.4. The normalized spacial score (nSPS) is 49.0. The molecule has 0 saturated heterocycles. The van der Waals surface area contributed by atoms with Crippen LogP contribution in [0, 0.1) is 46.3 Å². The van der Waals surface area contributed by atoms with Crippen LogP contribution in [0.1, 0.15) is 97.8 Å². The van der Waals surface area contributed by atoms with Crippen LogP contribution in [0.5, 0.6) is 0 Å². The van der Waals surface area contributed by atoms with Crippen molar-refractivity contribution in [3.8, 4) is 0 Å². The second-order valence-corrected chi connectivity index (χ2v) is 12.1. The Bertz CT molecular complexity index is 635. The summed E-state index contributed by atoms with van der Waals surface area (Å²) in [4.78, 5) is 10.8. The summed E-state index contributed by atoms with van der Waals surface area (Å²) >= 11 is 0. The summed E-state index contributed by atoms with van der Waals surface area (Å²) < 4.78 is 0. The molecule has 30 heavy (non-hydrogen) atoms. The molecule has 4 aliphatic carbocycles. The molecule has 0 aliphatic heterocycles. The number of aliphatic hydroxyl groups excluding tert-OH is 2. The summed E-state index contributed by atoms with van der Waals surface area (Å²) in [6.45, 7) is 7.38. The van der Waals surface area contributed by atoms with E-state index in [1.165, 1.54) is 25.7 Å². The van der Waals surface area contributed by atoms with Crippen molar-refractivity contribution in [2.24, 2.45) is 46.3 Å². The molecule has 4 fully saturated rings. The largest absolute Gasteiger partial charge is 0.481 e. The van der Waals surface area contributed by atoms with E-state index in [9.17, 15) is 15.0 Å².